The first-order chi connectivity index (χ1) is 10.1. The molecule has 0 aliphatic carbocycles. The maximum atomic E-state index is 13.0. The highest BCUT2D eigenvalue weighted by atomic mass is 19.1. The maximum Gasteiger partial charge on any atom is 0.233 e. The van der Waals surface area contributed by atoms with Crippen LogP contribution in [0.1, 0.15) is 12.0 Å². The normalized spacial score (nSPS) is 9.95. The van der Waals surface area contributed by atoms with Crippen LogP contribution in [0.15, 0.2) is 48.8 Å². The van der Waals surface area contributed by atoms with Gasteiger partial charge in [-0.2, -0.15) is 0 Å². The maximum absolute atomic E-state index is 13.0. The van der Waals surface area contributed by atoms with E-state index in [1.807, 2.05) is 0 Å². The number of hydrogen-bond donors (Lipinski definition) is 2. The molecule has 2 rings (SSSR count). The minimum Gasteiger partial charge on any atom is -0.352 e. The molecule has 0 fully saturated rings. The van der Waals surface area contributed by atoms with Gasteiger partial charge in [-0.15, -0.1) is 0 Å². The molecule has 2 N–H and O–H groups in total. The third kappa shape index (κ3) is 5.02. The summed E-state index contributed by atoms with van der Waals surface area (Å²) in [7, 11) is 0. The highest BCUT2D eigenvalue weighted by Crippen LogP contribution is 2.09. The topological polar surface area (TPSA) is 71.1 Å². The van der Waals surface area contributed by atoms with Gasteiger partial charge in [0, 0.05) is 24.6 Å². The van der Waals surface area contributed by atoms with E-state index in [0.29, 0.717) is 12.2 Å². The summed E-state index contributed by atoms with van der Waals surface area (Å²) in [6, 6.07) is 9.04. The van der Waals surface area contributed by atoms with Crippen LogP contribution in [0.5, 0.6) is 0 Å². The van der Waals surface area contributed by atoms with Crippen molar-refractivity contribution >= 4 is 17.5 Å². The first kappa shape index (κ1) is 14.6. The molecule has 21 heavy (non-hydrogen) atoms. The van der Waals surface area contributed by atoms with Gasteiger partial charge in [-0.25, -0.2) is 4.39 Å². The van der Waals surface area contributed by atoms with Crippen LogP contribution < -0.4 is 10.6 Å². The van der Waals surface area contributed by atoms with E-state index in [0.717, 1.165) is 5.56 Å². The molecule has 0 aliphatic rings. The summed E-state index contributed by atoms with van der Waals surface area (Å²) in [5, 5.41) is 5.09. The molecular weight excluding hydrogens is 273 g/mol. The molecule has 0 bridgehead atoms. The lowest BCUT2D eigenvalue weighted by Crippen LogP contribution is -2.27. The summed E-state index contributed by atoms with van der Waals surface area (Å²) in [4.78, 5) is 27.1. The Labute approximate surface area is 121 Å². The number of anilines is 1. The number of carbonyl (C=O) groups excluding carboxylic acids is 2. The molecule has 6 heteroatoms. The average molecular weight is 287 g/mol. The van der Waals surface area contributed by atoms with Gasteiger partial charge in [-0.3, -0.25) is 14.6 Å². The molecule has 0 unspecified atom stereocenters. The van der Waals surface area contributed by atoms with E-state index < -0.39 is 17.6 Å². The second-order valence-electron chi connectivity index (χ2n) is 4.37. The van der Waals surface area contributed by atoms with E-state index in [4.69, 9.17) is 0 Å². The Bertz CT molecular complexity index is 632. The van der Waals surface area contributed by atoms with Crippen LogP contribution in [0.2, 0.25) is 0 Å². The molecule has 0 saturated carbocycles. The fourth-order valence-electron chi connectivity index (χ4n) is 1.68. The molecule has 2 amide bonds. The van der Waals surface area contributed by atoms with Crippen molar-refractivity contribution in [3.63, 3.8) is 0 Å². The Morgan fingerprint density at radius 1 is 1.10 bits per heavy atom. The minimum absolute atomic E-state index is 0.318. The fraction of sp³-hybridized carbons (Fsp3) is 0.133. The number of carbonyl (C=O) groups is 2. The average Bonchev–Trinajstić information content (AvgIpc) is 2.46. The highest BCUT2D eigenvalue weighted by molar-refractivity contribution is 6.03. The predicted octanol–water partition coefficient (Wildman–Crippen LogP) is 1.87. The zero-order valence-electron chi connectivity index (χ0n) is 11.2. The first-order valence-corrected chi connectivity index (χ1v) is 6.34. The highest BCUT2D eigenvalue weighted by Gasteiger charge is 2.09. The van der Waals surface area contributed by atoms with Crippen LogP contribution in [0.3, 0.4) is 0 Å². The molecule has 1 heterocycles. The van der Waals surface area contributed by atoms with Crippen molar-refractivity contribution in [1.29, 1.82) is 0 Å². The molecule has 0 radical (unpaired) electrons. The van der Waals surface area contributed by atoms with Crippen LogP contribution in [0.4, 0.5) is 10.1 Å². The lowest BCUT2D eigenvalue weighted by molar-refractivity contribution is -0.126. The lowest BCUT2D eigenvalue weighted by Gasteiger charge is -2.06. The van der Waals surface area contributed by atoms with Crippen molar-refractivity contribution in [2.75, 3.05) is 5.32 Å². The van der Waals surface area contributed by atoms with E-state index in [1.165, 1.54) is 18.2 Å². The Hall–Kier alpha value is -2.76. The SMILES string of the molecule is O=C(CC(=O)Nc1cccc(F)c1)NCc1ccncc1. The molecular formula is C15H14FN3O2. The number of hydrogen-bond acceptors (Lipinski definition) is 3. The number of benzene rings is 1. The Morgan fingerprint density at radius 2 is 1.86 bits per heavy atom. The minimum atomic E-state index is -0.493. The van der Waals surface area contributed by atoms with Crippen molar-refractivity contribution in [2.24, 2.45) is 0 Å². The van der Waals surface area contributed by atoms with Crippen LogP contribution in [-0.2, 0) is 16.1 Å². The van der Waals surface area contributed by atoms with Gasteiger partial charge in [-0.1, -0.05) is 6.07 Å². The van der Waals surface area contributed by atoms with E-state index >= 15 is 0 Å². The molecule has 0 spiro atoms. The third-order valence-electron chi connectivity index (χ3n) is 2.67. The number of nitrogens with one attached hydrogen (secondary N) is 2. The lowest BCUT2D eigenvalue weighted by atomic mass is 10.2. The van der Waals surface area contributed by atoms with Gasteiger partial charge in [0.05, 0.1) is 0 Å². The van der Waals surface area contributed by atoms with Crippen molar-refractivity contribution in [1.82, 2.24) is 10.3 Å². The van der Waals surface area contributed by atoms with Gasteiger partial charge >= 0.3 is 0 Å². The fourth-order valence-corrected chi connectivity index (χ4v) is 1.68. The molecule has 1 aromatic carbocycles. The van der Waals surface area contributed by atoms with E-state index in [2.05, 4.69) is 15.6 Å². The van der Waals surface area contributed by atoms with Crippen LogP contribution in [0.25, 0.3) is 0 Å². The summed E-state index contributed by atoms with van der Waals surface area (Å²) < 4.78 is 13.0. The molecule has 108 valence electrons. The molecule has 5 nitrogen and oxygen atoms in total. The Kier molecular flexibility index (Phi) is 4.98. The number of nitrogens with zero attached hydrogens (tertiary/aromatic N) is 1. The van der Waals surface area contributed by atoms with Crippen molar-refractivity contribution in [3.8, 4) is 0 Å². The van der Waals surface area contributed by atoms with Crippen molar-refractivity contribution in [2.45, 2.75) is 13.0 Å². The Balaban J connectivity index is 1.78. The van der Waals surface area contributed by atoms with Crippen molar-refractivity contribution < 1.29 is 14.0 Å². The number of amides is 2. The molecule has 2 aromatic rings. The zero-order chi connectivity index (χ0) is 15.1. The second kappa shape index (κ2) is 7.14. The number of pyridine rings is 1. The van der Waals surface area contributed by atoms with E-state index in [9.17, 15) is 14.0 Å². The summed E-state index contributed by atoms with van der Waals surface area (Å²) in [6.07, 6.45) is 2.93. The van der Waals surface area contributed by atoms with Gasteiger partial charge < -0.3 is 10.6 Å². The van der Waals surface area contributed by atoms with Crippen LogP contribution in [-0.4, -0.2) is 16.8 Å². The molecule has 0 atom stereocenters. The van der Waals surface area contributed by atoms with Crippen LogP contribution in [0, 0.1) is 5.82 Å². The molecule has 0 saturated heterocycles. The summed E-state index contributed by atoms with van der Waals surface area (Å²) in [6.45, 7) is 0.328. The monoisotopic (exact) mass is 287 g/mol. The predicted molar refractivity (Wildman–Crippen MR) is 75.7 cm³/mol. The van der Waals surface area contributed by atoms with E-state index in [1.54, 1.807) is 30.6 Å². The zero-order valence-corrected chi connectivity index (χ0v) is 11.2. The van der Waals surface area contributed by atoms with Gasteiger partial charge in [0.2, 0.25) is 11.8 Å². The summed E-state index contributed by atoms with van der Waals surface area (Å²) >= 11 is 0. The third-order valence-corrected chi connectivity index (χ3v) is 2.67. The molecule has 1 aromatic heterocycles. The Morgan fingerprint density at radius 3 is 2.57 bits per heavy atom. The van der Waals surface area contributed by atoms with Gasteiger partial charge in [0.1, 0.15) is 12.2 Å². The smallest absolute Gasteiger partial charge is 0.233 e. The number of halogens is 1. The summed E-state index contributed by atoms with van der Waals surface area (Å²) in [5.74, 6) is -1.34. The first-order valence-electron chi connectivity index (χ1n) is 6.34. The van der Waals surface area contributed by atoms with Crippen molar-refractivity contribution in [3.05, 3.63) is 60.2 Å². The number of rotatable bonds is 5. The number of aromatic nitrogens is 1. The van der Waals surface area contributed by atoms with Gasteiger partial charge in [0.25, 0.3) is 0 Å². The molecule has 0 aliphatic heterocycles. The largest absolute Gasteiger partial charge is 0.352 e. The second-order valence-corrected chi connectivity index (χ2v) is 4.37. The summed E-state index contributed by atoms with van der Waals surface area (Å²) in [5.41, 5.74) is 1.21. The van der Waals surface area contributed by atoms with Gasteiger partial charge in [-0.05, 0) is 35.9 Å². The standard InChI is InChI=1S/C15H14FN3O2/c16-12-2-1-3-13(8-12)19-15(21)9-14(20)18-10-11-4-6-17-7-5-11/h1-8H,9-10H2,(H,18,20)(H,19,21). The van der Waals surface area contributed by atoms with Gasteiger partial charge in [0.15, 0.2) is 0 Å². The van der Waals surface area contributed by atoms with E-state index in [-0.39, 0.29) is 6.42 Å². The van der Waals surface area contributed by atoms with Crippen LogP contribution >= 0.6 is 0 Å². The quantitative estimate of drug-likeness (QED) is 0.825.